The summed E-state index contributed by atoms with van der Waals surface area (Å²) in [4.78, 5) is 0. The van der Waals surface area contributed by atoms with Crippen molar-refractivity contribution in [3.8, 4) is 0 Å². The molecule has 0 saturated carbocycles. The standard InChI is InChI=1S/C11H13Cl2NO2/c12-8-2-1-7(9(13)3-8)4-14-10-5-16-6-11(10)15/h1-3,10-11,14-15H,4-6H2/t10-,11-/m0/s1. The molecule has 0 spiro atoms. The number of nitrogens with one attached hydrogen (secondary N) is 1. The average molecular weight is 262 g/mol. The largest absolute Gasteiger partial charge is 0.389 e. The Hall–Kier alpha value is -0.320. The molecule has 0 aliphatic carbocycles. The molecule has 2 N–H and O–H groups in total. The predicted molar refractivity (Wildman–Crippen MR) is 63.9 cm³/mol. The fourth-order valence-electron chi connectivity index (χ4n) is 1.64. The van der Waals surface area contributed by atoms with Gasteiger partial charge in [-0.2, -0.15) is 0 Å². The van der Waals surface area contributed by atoms with E-state index in [1.807, 2.05) is 6.07 Å². The smallest absolute Gasteiger partial charge is 0.0948 e. The van der Waals surface area contributed by atoms with Crippen LogP contribution in [0.3, 0.4) is 0 Å². The first-order chi connectivity index (χ1) is 7.66. The van der Waals surface area contributed by atoms with Gasteiger partial charge in [-0.05, 0) is 17.7 Å². The summed E-state index contributed by atoms with van der Waals surface area (Å²) >= 11 is 11.8. The maximum atomic E-state index is 9.54. The van der Waals surface area contributed by atoms with Crippen LogP contribution in [-0.2, 0) is 11.3 Å². The highest BCUT2D eigenvalue weighted by atomic mass is 35.5. The highest BCUT2D eigenvalue weighted by molar-refractivity contribution is 6.35. The van der Waals surface area contributed by atoms with Crippen molar-refractivity contribution in [2.24, 2.45) is 0 Å². The lowest BCUT2D eigenvalue weighted by atomic mass is 10.2. The Labute approximate surface area is 104 Å². The Morgan fingerprint density at radius 1 is 1.38 bits per heavy atom. The number of ether oxygens (including phenoxy) is 1. The lowest BCUT2D eigenvalue weighted by Crippen LogP contribution is -2.38. The first-order valence-electron chi connectivity index (χ1n) is 5.10. The summed E-state index contributed by atoms with van der Waals surface area (Å²) in [6, 6.07) is 5.36. The van der Waals surface area contributed by atoms with Crippen molar-refractivity contribution >= 4 is 23.2 Å². The lowest BCUT2D eigenvalue weighted by Gasteiger charge is -2.15. The minimum Gasteiger partial charge on any atom is -0.389 e. The second-order valence-corrected chi connectivity index (χ2v) is 4.67. The number of aliphatic hydroxyl groups is 1. The molecule has 1 aromatic carbocycles. The Balaban J connectivity index is 1.94. The molecule has 1 aliphatic heterocycles. The number of halogens is 2. The molecule has 1 aromatic rings. The van der Waals surface area contributed by atoms with Crippen molar-refractivity contribution in [1.29, 1.82) is 0 Å². The highest BCUT2D eigenvalue weighted by Crippen LogP contribution is 2.21. The molecule has 1 saturated heterocycles. The molecule has 0 unspecified atom stereocenters. The first kappa shape index (κ1) is 12.1. The van der Waals surface area contributed by atoms with Gasteiger partial charge in [0.25, 0.3) is 0 Å². The fourth-order valence-corrected chi connectivity index (χ4v) is 2.12. The quantitative estimate of drug-likeness (QED) is 0.873. The predicted octanol–water partition coefficient (Wildman–Crippen LogP) is 1.84. The maximum Gasteiger partial charge on any atom is 0.0948 e. The Morgan fingerprint density at radius 3 is 2.81 bits per heavy atom. The van der Waals surface area contributed by atoms with Crippen LogP contribution in [0.25, 0.3) is 0 Å². The average Bonchev–Trinajstić information content (AvgIpc) is 2.63. The summed E-state index contributed by atoms with van der Waals surface area (Å²) in [5.74, 6) is 0. The molecule has 1 fully saturated rings. The van der Waals surface area contributed by atoms with E-state index in [1.165, 1.54) is 0 Å². The van der Waals surface area contributed by atoms with Gasteiger partial charge < -0.3 is 15.2 Å². The van der Waals surface area contributed by atoms with Gasteiger partial charge in [0.05, 0.1) is 25.4 Å². The number of rotatable bonds is 3. The summed E-state index contributed by atoms with van der Waals surface area (Å²) in [6.45, 7) is 1.53. The van der Waals surface area contributed by atoms with Crippen LogP contribution in [0.5, 0.6) is 0 Å². The molecule has 0 bridgehead atoms. The van der Waals surface area contributed by atoms with E-state index >= 15 is 0 Å². The summed E-state index contributed by atoms with van der Waals surface area (Å²) in [5, 5.41) is 14.0. The molecule has 16 heavy (non-hydrogen) atoms. The normalized spacial score (nSPS) is 24.9. The van der Waals surface area contributed by atoms with E-state index in [0.717, 1.165) is 5.56 Å². The third-order valence-corrected chi connectivity index (χ3v) is 3.21. The van der Waals surface area contributed by atoms with Crippen LogP contribution < -0.4 is 5.32 Å². The first-order valence-corrected chi connectivity index (χ1v) is 5.85. The van der Waals surface area contributed by atoms with Gasteiger partial charge in [-0.25, -0.2) is 0 Å². The minimum atomic E-state index is -0.439. The molecule has 3 nitrogen and oxygen atoms in total. The highest BCUT2D eigenvalue weighted by Gasteiger charge is 2.25. The van der Waals surface area contributed by atoms with E-state index in [-0.39, 0.29) is 6.04 Å². The molecule has 0 aromatic heterocycles. The third-order valence-electron chi connectivity index (χ3n) is 2.62. The maximum absolute atomic E-state index is 9.54. The summed E-state index contributed by atoms with van der Waals surface area (Å²) < 4.78 is 5.14. The number of hydrogen-bond donors (Lipinski definition) is 2. The summed E-state index contributed by atoms with van der Waals surface area (Å²) in [5.41, 5.74) is 0.963. The Kier molecular flexibility index (Phi) is 4.05. The number of aliphatic hydroxyl groups excluding tert-OH is 1. The van der Waals surface area contributed by atoms with E-state index < -0.39 is 6.10 Å². The van der Waals surface area contributed by atoms with Crippen LogP contribution in [0.15, 0.2) is 18.2 Å². The topological polar surface area (TPSA) is 41.5 Å². The van der Waals surface area contributed by atoms with E-state index in [0.29, 0.717) is 29.8 Å². The van der Waals surface area contributed by atoms with E-state index in [9.17, 15) is 5.11 Å². The zero-order chi connectivity index (χ0) is 11.5. The van der Waals surface area contributed by atoms with Gasteiger partial charge in [0.15, 0.2) is 0 Å². The molecule has 1 heterocycles. The van der Waals surface area contributed by atoms with Crippen molar-refractivity contribution in [3.63, 3.8) is 0 Å². The van der Waals surface area contributed by atoms with Crippen LogP contribution in [0.1, 0.15) is 5.56 Å². The second kappa shape index (κ2) is 5.34. The third kappa shape index (κ3) is 2.87. The molecule has 1 aliphatic rings. The zero-order valence-electron chi connectivity index (χ0n) is 8.62. The van der Waals surface area contributed by atoms with Gasteiger partial charge in [0.1, 0.15) is 0 Å². The van der Waals surface area contributed by atoms with E-state index in [1.54, 1.807) is 12.1 Å². The molecule has 2 atom stereocenters. The summed E-state index contributed by atoms with van der Waals surface area (Å²) in [7, 11) is 0. The molecule has 88 valence electrons. The van der Waals surface area contributed by atoms with Crippen molar-refractivity contribution in [2.45, 2.75) is 18.7 Å². The SMILES string of the molecule is O[C@H]1COC[C@@H]1NCc1ccc(Cl)cc1Cl. The lowest BCUT2D eigenvalue weighted by molar-refractivity contribution is 0.122. The van der Waals surface area contributed by atoms with Gasteiger partial charge in [-0.1, -0.05) is 29.3 Å². The Morgan fingerprint density at radius 2 is 2.19 bits per heavy atom. The minimum absolute atomic E-state index is 0.0215. The van der Waals surface area contributed by atoms with Crippen molar-refractivity contribution < 1.29 is 9.84 Å². The van der Waals surface area contributed by atoms with Crippen LogP contribution in [0.2, 0.25) is 10.0 Å². The number of hydrogen-bond acceptors (Lipinski definition) is 3. The van der Waals surface area contributed by atoms with Crippen molar-refractivity contribution in [1.82, 2.24) is 5.32 Å². The molecule has 0 amide bonds. The fraction of sp³-hybridized carbons (Fsp3) is 0.455. The summed E-state index contributed by atoms with van der Waals surface area (Å²) in [6.07, 6.45) is -0.439. The molecule has 2 rings (SSSR count). The van der Waals surface area contributed by atoms with Gasteiger partial charge in [-0.3, -0.25) is 0 Å². The van der Waals surface area contributed by atoms with Gasteiger partial charge >= 0.3 is 0 Å². The van der Waals surface area contributed by atoms with E-state index in [4.69, 9.17) is 27.9 Å². The van der Waals surface area contributed by atoms with Crippen molar-refractivity contribution in [3.05, 3.63) is 33.8 Å². The van der Waals surface area contributed by atoms with Crippen molar-refractivity contribution in [2.75, 3.05) is 13.2 Å². The Bertz CT molecular complexity index is 373. The second-order valence-electron chi connectivity index (χ2n) is 3.83. The molecular formula is C11H13Cl2NO2. The van der Waals surface area contributed by atoms with Crippen LogP contribution in [-0.4, -0.2) is 30.5 Å². The molecule has 0 radical (unpaired) electrons. The monoisotopic (exact) mass is 261 g/mol. The van der Waals surface area contributed by atoms with E-state index in [2.05, 4.69) is 5.32 Å². The van der Waals surface area contributed by atoms with Gasteiger partial charge in [0, 0.05) is 16.6 Å². The zero-order valence-corrected chi connectivity index (χ0v) is 10.1. The van der Waals surface area contributed by atoms with Gasteiger partial charge in [0.2, 0.25) is 0 Å². The molecular weight excluding hydrogens is 249 g/mol. The van der Waals surface area contributed by atoms with Crippen LogP contribution >= 0.6 is 23.2 Å². The van der Waals surface area contributed by atoms with Crippen LogP contribution in [0.4, 0.5) is 0 Å². The van der Waals surface area contributed by atoms with Crippen LogP contribution in [0, 0.1) is 0 Å². The van der Waals surface area contributed by atoms with Gasteiger partial charge in [-0.15, -0.1) is 0 Å². The molecule has 5 heteroatoms. The number of benzene rings is 1.